The molecule has 9 aromatic rings. The molecule has 0 aliphatic carbocycles. The van der Waals surface area contributed by atoms with Crippen LogP contribution in [0.1, 0.15) is 0 Å². The second-order valence-electron chi connectivity index (χ2n) is 12.2. The fraction of sp³-hybridized carbons (Fsp3) is 0. The van der Waals surface area contributed by atoms with Crippen molar-refractivity contribution < 1.29 is 0 Å². The third-order valence-electron chi connectivity index (χ3n) is 9.41. The monoisotopic (exact) mass is 597 g/mol. The van der Waals surface area contributed by atoms with E-state index in [0.29, 0.717) is 0 Å². The Morgan fingerprint density at radius 2 is 0.745 bits per heavy atom. The van der Waals surface area contributed by atoms with Crippen LogP contribution < -0.4 is 4.90 Å². The Morgan fingerprint density at radius 3 is 1.45 bits per heavy atom. The summed E-state index contributed by atoms with van der Waals surface area (Å²) < 4.78 is 0. The topological polar surface area (TPSA) is 3.24 Å². The molecule has 9 aromatic carbocycles. The van der Waals surface area contributed by atoms with Crippen molar-refractivity contribution in [2.75, 3.05) is 4.90 Å². The number of anilines is 3. The van der Waals surface area contributed by atoms with Gasteiger partial charge in [-0.3, -0.25) is 0 Å². The van der Waals surface area contributed by atoms with E-state index in [9.17, 15) is 0 Å². The highest BCUT2D eigenvalue weighted by Gasteiger charge is 2.14. The van der Waals surface area contributed by atoms with E-state index in [0.717, 1.165) is 17.1 Å². The Labute approximate surface area is 274 Å². The average Bonchev–Trinajstić information content (AvgIpc) is 3.15. The van der Waals surface area contributed by atoms with Gasteiger partial charge >= 0.3 is 0 Å². The minimum absolute atomic E-state index is 1.13. The molecule has 0 aliphatic heterocycles. The number of fused-ring (bicyclic) bond motifs is 6. The number of nitrogens with zero attached hydrogens (tertiary/aromatic N) is 1. The van der Waals surface area contributed by atoms with Gasteiger partial charge in [0.25, 0.3) is 0 Å². The van der Waals surface area contributed by atoms with Crippen LogP contribution in [-0.4, -0.2) is 0 Å². The van der Waals surface area contributed by atoms with Gasteiger partial charge in [-0.25, -0.2) is 0 Å². The van der Waals surface area contributed by atoms with Gasteiger partial charge in [0, 0.05) is 17.1 Å². The van der Waals surface area contributed by atoms with Crippen molar-refractivity contribution in [3.63, 3.8) is 0 Å². The van der Waals surface area contributed by atoms with Crippen molar-refractivity contribution in [2.24, 2.45) is 0 Å². The van der Waals surface area contributed by atoms with Crippen LogP contribution in [-0.2, 0) is 0 Å². The largest absolute Gasteiger partial charge is 0.311 e. The Morgan fingerprint density at radius 1 is 0.255 bits per heavy atom. The maximum Gasteiger partial charge on any atom is 0.0462 e. The van der Waals surface area contributed by atoms with Crippen molar-refractivity contribution in [2.45, 2.75) is 0 Å². The van der Waals surface area contributed by atoms with Crippen molar-refractivity contribution in [1.82, 2.24) is 0 Å². The van der Waals surface area contributed by atoms with Gasteiger partial charge in [0.1, 0.15) is 0 Å². The quantitative estimate of drug-likeness (QED) is 0.178. The molecular weight excluding hydrogens is 567 g/mol. The molecule has 0 heterocycles. The lowest BCUT2D eigenvalue weighted by atomic mass is 9.90. The lowest BCUT2D eigenvalue weighted by Crippen LogP contribution is -2.09. The predicted octanol–water partition coefficient (Wildman–Crippen LogP) is 13.1. The fourth-order valence-corrected chi connectivity index (χ4v) is 7.10. The summed E-state index contributed by atoms with van der Waals surface area (Å²) in [6, 6.07) is 68.1. The molecule has 0 saturated heterocycles. The SMILES string of the molecule is c1ccc(N(c2ccccc2)c2ccc(-c3ccc4cc(-c5cc6c7ccccc7ccc6c6ccccc56)ccc4c3)cc2)cc1. The number of hydrogen-bond donors (Lipinski definition) is 0. The molecule has 0 aromatic heterocycles. The molecule has 0 bridgehead atoms. The predicted molar refractivity (Wildman–Crippen MR) is 202 cm³/mol. The third-order valence-corrected chi connectivity index (χ3v) is 9.41. The highest BCUT2D eigenvalue weighted by atomic mass is 15.1. The first-order valence-corrected chi connectivity index (χ1v) is 16.2. The normalized spacial score (nSPS) is 11.4. The van der Waals surface area contributed by atoms with Crippen LogP contribution >= 0.6 is 0 Å². The van der Waals surface area contributed by atoms with Crippen molar-refractivity contribution >= 4 is 60.2 Å². The molecule has 0 atom stereocenters. The maximum atomic E-state index is 2.39. The van der Waals surface area contributed by atoms with Crippen LogP contribution in [0.4, 0.5) is 17.1 Å². The van der Waals surface area contributed by atoms with Crippen molar-refractivity contribution in [1.29, 1.82) is 0 Å². The molecule has 47 heavy (non-hydrogen) atoms. The molecule has 0 fully saturated rings. The number of hydrogen-bond acceptors (Lipinski definition) is 1. The minimum Gasteiger partial charge on any atom is -0.311 e. The summed E-state index contributed by atoms with van der Waals surface area (Å²) in [5, 5.41) is 10.2. The summed E-state index contributed by atoms with van der Waals surface area (Å²) in [5.41, 5.74) is 8.33. The molecule has 0 spiro atoms. The maximum absolute atomic E-state index is 2.39. The lowest BCUT2D eigenvalue weighted by Gasteiger charge is -2.25. The summed E-state index contributed by atoms with van der Waals surface area (Å²) in [6.07, 6.45) is 0. The standard InChI is InChI=1S/C46H31N/c1-3-12-38(13-4-1)47(39-14-5-2-6-15-39)40-26-23-32(24-27-40)34-19-20-36-30-37(22-21-35(36)29-34)45-31-46-41-16-8-7-11-33(41)25-28-44(46)42-17-9-10-18-43(42)45/h1-31H. The van der Waals surface area contributed by atoms with E-state index >= 15 is 0 Å². The van der Waals surface area contributed by atoms with E-state index in [2.05, 4.69) is 193 Å². The zero-order valence-electron chi connectivity index (χ0n) is 25.8. The van der Waals surface area contributed by atoms with Crippen LogP contribution in [0.5, 0.6) is 0 Å². The highest BCUT2D eigenvalue weighted by Crippen LogP contribution is 2.40. The first-order chi connectivity index (χ1) is 23.3. The first-order valence-electron chi connectivity index (χ1n) is 16.2. The van der Waals surface area contributed by atoms with Gasteiger partial charge < -0.3 is 4.90 Å². The molecule has 0 saturated carbocycles. The van der Waals surface area contributed by atoms with Crippen LogP contribution in [0.3, 0.4) is 0 Å². The Hall–Kier alpha value is -6.18. The Balaban J connectivity index is 1.10. The second kappa shape index (κ2) is 11.3. The van der Waals surface area contributed by atoms with E-state index in [4.69, 9.17) is 0 Å². The van der Waals surface area contributed by atoms with E-state index in [1.54, 1.807) is 0 Å². The third kappa shape index (κ3) is 4.81. The van der Waals surface area contributed by atoms with Crippen LogP contribution in [0, 0.1) is 0 Å². The van der Waals surface area contributed by atoms with Gasteiger partial charge in [0.2, 0.25) is 0 Å². The van der Waals surface area contributed by atoms with E-state index in [1.165, 1.54) is 65.3 Å². The summed E-state index contributed by atoms with van der Waals surface area (Å²) in [7, 11) is 0. The number of para-hydroxylation sites is 2. The molecular formula is C46H31N. The van der Waals surface area contributed by atoms with Crippen LogP contribution in [0.15, 0.2) is 188 Å². The van der Waals surface area contributed by atoms with Crippen molar-refractivity contribution in [3.8, 4) is 22.3 Å². The smallest absolute Gasteiger partial charge is 0.0462 e. The van der Waals surface area contributed by atoms with Gasteiger partial charge in [0.15, 0.2) is 0 Å². The van der Waals surface area contributed by atoms with Gasteiger partial charge in [-0.1, -0.05) is 133 Å². The molecule has 0 unspecified atom stereocenters. The molecule has 0 amide bonds. The number of benzene rings is 9. The molecule has 1 nitrogen and oxygen atoms in total. The molecule has 1 heteroatoms. The first kappa shape index (κ1) is 27.2. The fourth-order valence-electron chi connectivity index (χ4n) is 7.10. The average molecular weight is 598 g/mol. The highest BCUT2D eigenvalue weighted by molar-refractivity contribution is 6.21. The molecule has 0 radical (unpaired) electrons. The Kier molecular flexibility index (Phi) is 6.54. The lowest BCUT2D eigenvalue weighted by molar-refractivity contribution is 1.28. The van der Waals surface area contributed by atoms with Gasteiger partial charge in [-0.05, 0) is 120 Å². The van der Waals surface area contributed by atoms with Crippen LogP contribution in [0.2, 0.25) is 0 Å². The molecule has 220 valence electrons. The van der Waals surface area contributed by atoms with Crippen LogP contribution in [0.25, 0.3) is 65.3 Å². The Bertz CT molecular complexity index is 2510. The summed E-state index contributed by atoms with van der Waals surface area (Å²) in [4.78, 5) is 2.30. The van der Waals surface area contributed by atoms with E-state index in [1.807, 2.05) is 0 Å². The summed E-state index contributed by atoms with van der Waals surface area (Å²) >= 11 is 0. The van der Waals surface area contributed by atoms with E-state index in [-0.39, 0.29) is 0 Å². The molecule has 0 N–H and O–H groups in total. The van der Waals surface area contributed by atoms with Gasteiger partial charge in [-0.15, -0.1) is 0 Å². The van der Waals surface area contributed by atoms with Gasteiger partial charge in [0.05, 0.1) is 0 Å². The zero-order chi connectivity index (χ0) is 31.2. The number of rotatable bonds is 5. The van der Waals surface area contributed by atoms with E-state index < -0.39 is 0 Å². The minimum atomic E-state index is 1.13. The second-order valence-corrected chi connectivity index (χ2v) is 12.2. The summed E-state index contributed by atoms with van der Waals surface area (Å²) in [5.74, 6) is 0. The zero-order valence-corrected chi connectivity index (χ0v) is 25.8. The molecule has 0 aliphatic rings. The summed E-state index contributed by atoms with van der Waals surface area (Å²) in [6.45, 7) is 0. The van der Waals surface area contributed by atoms with Crippen molar-refractivity contribution in [3.05, 3.63) is 188 Å². The molecule has 9 rings (SSSR count). The van der Waals surface area contributed by atoms with Gasteiger partial charge in [-0.2, -0.15) is 0 Å².